The summed E-state index contributed by atoms with van der Waals surface area (Å²) < 4.78 is 39.7. The number of halogens is 1. The summed E-state index contributed by atoms with van der Waals surface area (Å²) >= 11 is 0. The lowest BCUT2D eigenvalue weighted by atomic mass is 10.0. The van der Waals surface area contributed by atoms with Crippen molar-refractivity contribution in [2.75, 3.05) is 13.1 Å². The summed E-state index contributed by atoms with van der Waals surface area (Å²) in [6, 6.07) is 3.99. The number of nitrogens with two attached hydrogens (primary N) is 1. The lowest BCUT2D eigenvalue weighted by Crippen LogP contribution is -2.33. The van der Waals surface area contributed by atoms with E-state index in [9.17, 15) is 12.8 Å². The molecule has 0 aromatic heterocycles. The van der Waals surface area contributed by atoms with Gasteiger partial charge in [-0.05, 0) is 43.9 Å². The minimum Gasteiger partial charge on any atom is -0.328 e. The first kappa shape index (κ1) is 14.4. The van der Waals surface area contributed by atoms with Gasteiger partial charge in [-0.1, -0.05) is 6.07 Å². The highest BCUT2D eigenvalue weighted by molar-refractivity contribution is 7.89. The first-order chi connectivity index (χ1) is 8.82. The zero-order valence-electron chi connectivity index (χ0n) is 11.1. The Kier molecular flexibility index (Phi) is 3.94. The van der Waals surface area contributed by atoms with E-state index in [1.165, 1.54) is 16.4 Å². The van der Waals surface area contributed by atoms with Gasteiger partial charge in [0, 0.05) is 19.1 Å². The number of nitrogens with zero attached hydrogens (tertiary/aromatic N) is 1. The highest BCUT2D eigenvalue weighted by atomic mass is 32.2. The maximum atomic E-state index is 13.5. The molecule has 4 nitrogen and oxygen atoms in total. The molecule has 19 heavy (non-hydrogen) atoms. The van der Waals surface area contributed by atoms with Crippen LogP contribution in [-0.2, 0) is 10.0 Å². The molecule has 1 heterocycles. The predicted molar refractivity (Wildman–Crippen MR) is 71.7 cm³/mol. The van der Waals surface area contributed by atoms with Crippen molar-refractivity contribution in [3.8, 4) is 0 Å². The Morgan fingerprint density at radius 3 is 2.68 bits per heavy atom. The minimum atomic E-state index is -3.61. The van der Waals surface area contributed by atoms with E-state index in [2.05, 4.69) is 0 Å². The number of benzene rings is 1. The van der Waals surface area contributed by atoms with Crippen LogP contribution in [-0.4, -0.2) is 31.9 Å². The standard InChI is InChI=1S/C13H19FN2O2S/c1-9-3-4-12(7-13(9)14)19(17,18)16-6-5-11(8-16)10(2)15/h3-4,7,10-11H,5-6,8,15H2,1-2H3. The average molecular weight is 286 g/mol. The van der Waals surface area contributed by atoms with Crippen molar-refractivity contribution in [1.29, 1.82) is 0 Å². The van der Waals surface area contributed by atoms with Gasteiger partial charge in [-0.25, -0.2) is 12.8 Å². The van der Waals surface area contributed by atoms with Crippen LogP contribution >= 0.6 is 0 Å². The van der Waals surface area contributed by atoms with Gasteiger partial charge in [0.05, 0.1) is 4.90 Å². The molecule has 2 atom stereocenters. The summed E-state index contributed by atoms with van der Waals surface area (Å²) in [5.41, 5.74) is 6.24. The van der Waals surface area contributed by atoms with Crippen LogP contribution in [0.5, 0.6) is 0 Å². The van der Waals surface area contributed by atoms with Gasteiger partial charge >= 0.3 is 0 Å². The predicted octanol–water partition coefficient (Wildman–Crippen LogP) is 1.49. The van der Waals surface area contributed by atoms with E-state index in [1.54, 1.807) is 6.92 Å². The fraction of sp³-hybridized carbons (Fsp3) is 0.538. The van der Waals surface area contributed by atoms with Gasteiger partial charge in [0.25, 0.3) is 0 Å². The molecule has 1 aliphatic heterocycles. The fourth-order valence-electron chi connectivity index (χ4n) is 2.28. The normalized spacial score (nSPS) is 22.6. The van der Waals surface area contributed by atoms with Crippen molar-refractivity contribution in [3.05, 3.63) is 29.6 Å². The highest BCUT2D eigenvalue weighted by Gasteiger charge is 2.34. The van der Waals surface area contributed by atoms with Crippen molar-refractivity contribution in [2.24, 2.45) is 11.7 Å². The summed E-state index contributed by atoms with van der Waals surface area (Å²) in [6.07, 6.45) is 0.755. The molecule has 1 fully saturated rings. The fourth-order valence-corrected chi connectivity index (χ4v) is 3.81. The van der Waals surface area contributed by atoms with Gasteiger partial charge in [-0.2, -0.15) is 4.31 Å². The summed E-state index contributed by atoms with van der Waals surface area (Å²) in [7, 11) is -3.61. The van der Waals surface area contributed by atoms with Crippen LogP contribution in [0, 0.1) is 18.7 Å². The van der Waals surface area contributed by atoms with E-state index in [0.717, 1.165) is 12.5 Å². The first-order valence-electron chi connectivity index (χ1n) is 6.34. The largest absolute Gasteiger partial charge is 0.328 e. The second kappa shape index (κ2) is 5.19. The van der Waals surface area contributed by atoms with Crippen molar-refractivity contribution >= 4 is 10.0 Å². The molecule has 2 rings (SSSR count). The van der Waals surface area contributed by atoms with Gasteiger partial charge in [0.2, 0.25) is 10.0 Å². The van der Waals surface area contributed by atoms with Gasteiger partial charge in [-0.3, -0.25) is 0 Å². The van der Waals surface area contributed by atoms with Gasteiger partial charge in [0.1, 0.15) is 5.82 Å². The smallest absolute Gasteiger partial charge is 0.243 e. The molecule has 0 saturated carbocycles. The van der Waals surface area contributed by atoms with Crippen LogP contribution in [0.3, 0.4) is 0 Å². The quantitative estimate of drug-likeness (QED) is 0.915. The van der Waals surface area contributed by atoms with E-state index in [1.807, 2.05) is 6.92 Å². The Balaban J connectivity index is 2.26. The zero-order valence-corrected chi connectivity index (χ0v) is 12.0. The summed E-state index contributed by atoms with van der Waals surface area (Å²) in [5.74, 6) is -0.325. The van der Waals surface area contributed by atoms with Crippen molar-refractivity contribution in [1.82, 2.24) is 4.31 Å². The maximum Gasteiger partial charge on any atom is 0.243 e. The summed E-state index contributed by atoms with van der Waals surface area (Å²) in [5, 5.41) is 0. The SMILES string of the molecule is Cc1ccc(S(=O)(=O)N2CCC(C(C)N)C2)cc1F. The van der Waals surface area contributed by atoms with Crippen LogP contribution in [0.4, 0.5) is 4.39 Å². The molecular weight excluding hydrogens is 267 g/mol. The Hall–Kier alpha value is -0.980. The molecule has 1 saturated heterocycles. The monoisotopic (exact) mass is 286 g/mol. The molecule has 6 heteroatoms. The molecule has 2 unspecified atom stereocenters. The maximum absolute atomic E-state index is 13.5. The number of hydrogen-bond donors (Lipinski definition) is 1. The molecule has 1 aliphatic rings. The molecule has 0 aliphatic carbocycles. The van der Waals surface area contributed by atoms with E-state index in [-0.39, 0.29) is 16.9 Å². The number of rotatable bonds is 3. The summed E-state index contributed by atoms with van der Waals surface area (Å²) in [6.45, 7) is 4.35. The van der Waals surface area contributed by atoms with Crippen LogP contribution < -0.4 is 5.73 Å². The highest BCUT2D eigenvalue weighted by Crippen LogP contribution is 2.26. The summed E-state index contributed by atoms with van der Waals surface area (Å²) in [4.78, 5) is 0.0147. The molecule has 1 aromatic carbocycles. The van der Waals surface area contributed by atoms with Crippen molar-refractivity contribution in [2.45, 2.75) is 31.2 Å². The van der Waals surface area contributed by atoms with Crippen molar-refractivity contribution in [3.63, 3.8) is 0 Å². The Morgan fingerprint density at radius 2 is 2.16 bits per heavy atom. The Bertz CT molecular complexity index is 572. The average Bonchev–Trinajstić information content (AvgIpc) is 2.82. The topological polar surface area (TPSA) is 63.4 Å². The molecule has 2 N–H and O–H groups in total. The Labute approximate surface area is 113 Å². The molecule has 0 radical (unpaired) electrons. The van der Waals surface area contributed by atoms with Crippen molar-refractivity contribution < 1.29 is 12.8 Å². The lowest BCUT2D eigenvalue weighted by Gasteiger charge is -2.18. The third-order valence-corrected chi connectivity index (χ3v) is 5.57. The number of sulfonamides is 1. The molecule has 0 bridgehead atoms. The van der Waals surface area contributed by atoms with E-state index in [4.69, 9.17) is 5.73 Å². The first-order valence-corrected chi connectivity index (χ1v) is 7.78. The third-order valence-electron chi connectivity index (χ3n) is 3.71. The molecule has 1 aromatic rings. The van der Waals surface area contributed by atoms with Gasteiger partial charge in [0.15, 0.2) is 0 Å². The number of hydrogen-bond acceptors (Lipinski definition) is 3. The number of aryl methyl sites for hydroxylation is 1. The molecular formula is C13H19FN2O2S. The third kappa shape index (κ3) is 2.80. The lowest BCUT2D eigenvalue weighted by molar-refractivity contribution is 0.428. The second-order valence-corrected chi connectivity index (χ2v) is 7.12. The second-order valence-electron chi connectivity index (χ2n) is 5.18. The van der Waals surface area contributed by atoms with Crippen LogP contribution in [0.2, 0.25) is 0 Å². The minimum absolute atomic E-state index is 0.0147. The Morgan fingerprint density at radius 1 is 1.47 bits per heavy atom. The molecule has 106 valence electrons. The van der Waals surface area contributed by atoms with Gasteiger partial charge < -0.3 is 5.73 Å². The van der Waals surface area contributed by atoms with Gasteiger partial charge in [-0.15, -0.1) is 0 Å². The van der Waals surface area contributed by atoms with Crippen LogP contribution in [0.1, 0.15) is 18.9 Å². The van der Waals surface area contributed by atoms with E-state index >= 15 is 0 Å². The molecule has 0 spiro atoms. The van der Waals surface area contributed by atoms with Crippen LogP contribution in [0.25, 0.3) is 0 Å². The van der Waals surface area contributed by atoms with Crippen LogP contribution in [0.15, 0.2) is 23.1 Å². The zero-order chi connectivity index (χ0) is 14.2. The van der Waals surface area contributed by atoms with E-state index in [0.29, 0.717) is 18.7 Å². The van der Waals surface area contributed by atoms with E-state index < -0.39 is 15.8 Å². The molecule has 0 amide bonds.